The molecule has 0 spiro atoms. The lowest BCUT2D eigenvalue weighted by atomic mass is 10.3. The molecule has 3 rings (SSSR count). The molecule has 10 nitrogen and oxygen atoms in total. The first kappa shape index (κ1) is 18.3. The van der Waals surface area contributed by atoms with E-state index in [9.17, 15) is 24.6 Å². The molecule has 0 aliphatic heterocycles. The SMILES string of the molecule is O=[N+]([O-])c1ccc(Sc2nnc(COc3ccccc3F)o2)c([N+](=O)[O-])c1. The lowest BCUT2D eigenvalue weighted by molar-refractivity contribution is -0.396. The molecule has 1 heterocycles. The van der Waals surface area contributed by atoms with Gasteiger partial charge in [-0.15, -0.1) is 10.2 Å². The topological polar surface area (TPSA) is 134 Å². The summed E-state index contributed by atoms with van der Waals surface area (Å²) in [6, 6.07) is 8.98. The van der Waals surface area contributed by atoms with Gasteiger partial charge in [0.05, 0.1) is 20.8 Å². The lowest BCUT2D eigenvalue weighted by Gasteiger charge is -2.03. The molecule has 0 amide bonds. The largest absolute Gasteiger partial charge is 0.481 e. The van der Waals surface area contributed by atoms with Crippen LogP contribution in [0.5, 0.6) is 5.75 Å². The molecule has 0 fully saturated rings. The van der Waals surface area contributed by atoms with Crippen molar-refractivity contribution in [1.82, 2.24) is 10.2 Å². The average molecular weight is 392 g/mol. The molecule has 3 aromatic rings. The van der Waals surface area contributed by atoms with Gasteiger partial charge in [-0.2, -0.15) is 0 Å². The Hall–Kier alpha value is -3.54. The van der Waals surface area contributed by atoms with Crippen molar-refractivity contribution >= 4 is 23.1 Å². The van der Waals surface area contributed by atoms with Crippen LogP contribution in [-0.2, 0) is 6.61 Å². The number of nitro groups is 2. The van der Waals surface area contributed by atoms with Gasteiger partial charge in [0, 0.05) is 6.07 Å². The number of nitrogens with zero attached hydrogens (tertiary/aromatic N) is 4. The number of halogens is 1. The molecular weight excluding hydrogens is 383 g/mol. The smallest absolute Gasteiger partial charge is 0.290 e. The molecule has 27 heavy (non-hydrogen) atoms. The van der Waals surface area contributed by atoms with E-state index >= 15 is 0 Å². The van der Waals surface area contributed by atoms with Crippen LogP contribution in [0.2, 0.25) is 0 Å². The van der Waals surface area contributed by atoms with Gasteiger partial charge in [0.15, 0.2) is 18.2 Å². The number of non-ortho nitro benzene ring substituents is 1. The summed E-state index contributed by atoms with van der Waals surface area (Å²) in [6.45, 7) is -0.198. The predicted molar refractivity (Wildman–Crippen MR) is 88.9 cm³/mol. The molecule has 2 aromatic carbocycles. The van der Waals surface area contributed by atoms with Gasteiger partial charge >= 0.3 is 0 Å². The molecule has 0 radical (unpaired) electrons. The standard InChI is InChI=1S/C15H9FN4O6S/c16-10-3-1-2-4-12(10)25-8-14-17-18-15(26-14)27-13-6-5-9(19(21)22)7-11(13)20(23)24/h1-7H,8H2. The number of benzene rings is 2. The summed E-state index contributed by atoms with van der Waals surface area (Å²) in [5.74, 6) is -0.505. The summed E-state index contributed by atoms with van der Waals surface area (Å²) in [6.07, 6.45) is 0. The Morgan fingerprint density at radius 3 is 2.59 bits per heavy atom. The zero-order chi connectivity index (χ0) is 19.4. The maximum absolute atomic E-state index is 13.5. The number of aromatic nitrogens is 2. The van der Waals surface area contributed by atoms with Crippen molar-refractivity contribution in [3.05, 3.63) is 74.4 Å². The maximum Gasteiger partial charge on any atom is 0.290 e. The van der Waals surface area contributed by atoms with E-state index in [1.165, 1.54) is 24.3 Å². The van der Waals surface area contributed by atoms with E-state index < -0.39 is 27.0 Å². The van der Waals surface area contributed by atoms with Crippen LogP contribution >= 0.6 is 11.8 Å². The first-order valence-electron chi connectivity index (χ1n) is 7.24. The first-order chi connectivity index (χ1) is 12.9. The second-order valence-electron chi connectivity index (χ2n) is 4.95. The summed E-state index contributed by atoms with van der Waals surface area (Å²) in [5.41, 5.74) is -0.868. The molecule has 0 unspecified atom stereocenters. The second-order valence-corrected chi connectivity index (χ2v) is 5.94. The van der Waals surface area contributed by atoms with E-state index in [0.29, 0.717) is 0 Å². The molecule has 0 aliphatic rings. The van der Waals surface area contributed by atoms with E-state index in [2.05, 4.69) is 10.2 Å². The van der Waals surface area contributed by atoms with E-state index in [0.717, 1.165) is 23.9 Å². The van der Waals surface area contributed by atoms with Gasteiger partial charge in [-0.25, -0.2) is 4.39 Å². The molecule has 0 aliphatic carbocycles. The van der Waals surface area contributed by atoms with Crippen LogP contribution in [0.3, 0.4) is 0 Å². The van der Waals surface area contributed by atoms with Crippen LogP contribution in [-0.4, -0.2) is 20.0 Å². The van der Waals surface area contributed by atoms with Crippen molar-refractivity contribution in [2.24, 2.45) is 0 Å². The molecule has 12 heteroatoms. The monoisotopic (exact) mass is 392 g/mol. The lowest BCUT2D eigenvalue weighted by Crippen LogP contribution is -1.97. The van der Waals surface area contributed by atoms with Crippen LogP contribution in [0.15, 0.2) is 57.0 Å². The third-order valence-electron chi connectivity index (χ3n) is 3.18. The van der Waals surface area contributed by atoms with Gasteiger partial charge in [-0.1, -0.05) is 12.1 Å². The fraction of sp³-hybridized carbons (Fsp3) is 0.0667. The number of hydrogen-bond donors (Lipinski definition) is 0. The highest BCUT2D eigenvalue weighted by Crippen LogP contribution is 2.36. The zero-order valence-corrected chi connectivity index (χ0v) is 14.1. The van der Waals surface area contributed by atoms with Gasteiger partial charge in [0.2, 0.25) is 0 Å². The van der Waals surface area contributed by atoms with E-state index in [1.807, 2.05) is 0 Å². The average Bonchev–Trinajstić information content (AvgIpc) is 3.08. The van der Waals surface area contributed by atoms with E-state index in [-0.39, 0.29) is 28.4 Å². The predicted octanol–water partition coefficient (Wildman–Crippen LogP) is 3.76. The summed E-state index contributed by atoms with van der Waals surface area (Å²) < 4.78 is 24.0. The Kier molecular flexibility index (Phi) is 5.26. The first-order valence-corrected chi connectivity index (χ1v) is 8.06. The Morgan fingerprint density at radius 2 is 1.89 bits per heavy atom. The molecule has 138 valence electrons. The van der Waals surface area contributed by atoms with Crippen molar-refractivity contribution in [2.45, 2.75) is 16.7 Å². The summed E-state index contributed by atoms with van der Waals surface area (Å²) in [4.78, 5) is 20.5. The van der Waals surface area contributed by atoms with Crippen molar-refractivity contribution in [2.75, 3.05) is 0 Å². The Balaban J connectivity index is 1.73. The fourth-order valence-electron chi connectivity index (χ4n) is 1.98. The van der Waals surface area contributed by atoms with E-state index in [1.54, 1.807) is 6.07 Å². The summed E-state index contributed by atoms with van der Waals surface area (Å²) >= 11 is 0.774. The number of hydrogen-bond acceptors (Lipinski definition) is 9. The van der Waals surface area contributed by atoms with Gasteiger partial charge in [-0.3, -0.25) is 20.2 Å². The number of para-hydroxylation sites is 1. The zero-order valence-electron chi connectivity index (χ0n) is 13.3. The third kappa shape index (κ3) is 4.36. The Morgan fingerprint density at radius 1 is 1.11 bits per heavy atom. The van der Waals surface area contributed by atoms with Crippen LogP contribution in [0, 0.1) is 26.0 Å². The minimum Gasteiger partial charge on any atom is -0.481 e. The maximum atomic E-state index is 13.5. The van der Waals surface area contributed by atoms with Crippen LogP contribution < -0.4 is 4.74 Å². The van der Waals surface area contributed by atoms with Crippen LogP contribution in [0.1, 0.15) is 5.89 Å². The molecule has 0 atom stereocenters. The van der Waals surface area contributed by atoms with Gasteiger partial charge in [-0.05, 0) is 30.0 Å². The highest BCUT2D eigenvalue weighted by molar-refractivity contribution is 7.99. The van der Waals surface area contributed by atoms with Crippen LogP contribution in [0.25, 0.3) is 0 Å². The Bertz CT molecular complexity index is 1010. The quantitative estimate of drug-likeness (QED) is 0.435. The van der Waals surface area contributed by atoms with Gasteiger partial charge < -0.3 is 9.15 Å². The fourth-order valence-corrected chi connectivity index (χ4v) is 2.76. The molecule has 0 bridgehead atoms. The van der Waals surface area contributed by atoms with Crippen molar-refractivity contribution in [3.63, 3.8) is 0 Å². The van der Waals surface area contributed by atoms with Crippen molar-refractivity contribution in [1.29, 1.82) is 0 Å². The molecule has 0 saturated carbocycles. The normalized spacial score (nSPS) is 10.6. The minimum atomic E-state index is -0.742. The van der Waals surface area contributed by atoms with Gasteiger partial charge in [0.25, 0.3) is 22.5 Å². The number of rotatable bonds is 7. The number of ether oxygens (including phenoxy) is 1. The van der Waals surface area contributed by atoms with Gasteiger partial charge in [0.1, 0.15) is 0 Å². The summed E-state index contributed by atoms with van der Waals surface area (Å²) in [7, 11) is 0. The molecule has 1 aromatic heterocycles. The highest BCUT2D eigenvalue weighted by Gasteiger charge is 2.22. The Labute approximate surface area is 154 Å². The van der Waals surface area contributed by atoms with Crippen molar-refractivity contribution < 1.29 is 23.4 Å². The van der Waals surface area contributed by atoms with Crippen LogP contribution in [0.4, 0.5) is 15.8 Å². The summed E-state index contributed by atoms with van der Waals surface area (Å²) in [5, 5.41) is 29.3. The molecule has 0 N–H and O–H groups in total. The molecular formula is C15H9FN4O6S. The third-order valence-corrected chi connectivity index (χ3v) is 4.09. The molecule has 0 saturated heterocycles. The minimum absolute atomic E-state index is 0.0101. The highest BCUT2D eigenvalue weighted by atomic mass is 32.2. The number of nitro benzene ring substituents is 2. The van der Waals surface area contributed by atoms with Crippen molar-refractivity contribution in [3.8, 4) is 5.75 Å². The second kappa shape index (κ2) is 7.78. The van der Waals surface area contributed by atoms with E-state index in [4.69, 9.17) is 9.15 Å².